The Labute approximate surface area is 119 Å². The number of anilines is 1. The van der Waals surface area contributed by atoms with Gasteiger partial charge in [0.25, 0.3) is 0 Å². The van der Waals surface area contributed by atoms with Gasteiger partial charge in [0.2, 0.25) is 5.88 Å². The Morgan fingerprint density at radius 1 is 1.50 bits per heavy atom. The molecule has 0 aliphatic carbocycles. The fourth-order valence-electron chi connectivity index (χ4n) is 1.62. The molecule has 1 aromatic carbocycles. The van der Waals surface area contributed by atoms with Gasteiger partial charge in [0.15, 0.2) is 0 Å². The topological polar surface area (TPSA) is 53.1 Å². The maximum absolute atomic E-state index is 5.99. The Morgan fingerprint density at radius 3 is 2.78 bits per heavy atom. The van der Waals surface area contributed by atoms with Gasteiger partial charge in [0, 0.05) is 12.1 Å². The van der Waals surface area contributed by atoms with Gasteiger partial charge < -0.3 is 10.5 Å². The van der Waals surface area contributed by atoms with Gasteiger partial charge >= 0.3 is 0 Å². The summed E-state index contributed by atoms with van der Waals surface area (Å²) in [4.78, 5) is 0. The molecule has 2 aromatic rings. The molecule has 2 rings (SSSR count). The molecule has 6 heteroatoms. The average Bonchev–Trinajstić information content (AvgIpc) is 2.59. The lowest BCUT2D eigenvalue weighted by Gasteiger charge is -2.08. The number of nitrogens with zero attached hydrogens (tertiary/aromatic N) is 2. The average molecular weight is 331 g/mol. The van der Waals surface area contributed by atoms with E-state index in [0.29, 0.717) is 22.3 Å². The Bertz CT molecular complexity index is 583. The second-order valence-electron chi connectivity index (χ2n) is 3.82. The fraction of sp³-hybridized carbons (Fsp3) is 0.250. The van der Waals surface area contributed by atoms with Crippen molar-refractivity contribution in [1.29, 1.82) is 0 Å². The van der Waals surface area contributed by atoms with Crippen LogP contribution in [0.4, 0.5) is 5.69 Å². The first-order chi connectivity index (χ1) is 8.52. The summed E-state index contributed by atoms with van der Waals surface area (Å²) in [5, 5.41) is 4.94. The molecule has 0 bridgehead atoms. The van der Waals surface area contributed by atoms with Crippen molar-refractivity contribution in [3.63, 3.8) is 0 Å². The summed E-state index contributed by atoms with van der Waals surface area (Å²) in [6.07, 6.45) is 0.769. The number of halogens is 2. The Hall–Kier alpha value is -1.20. The SMILES string of the molecule is CCc1nn(C)c(Oc2ccc(Cl)cc2Br)c1N. The minimum atomic E-state index is 0.537. The molecular formula is C12H13BrClN3O. The molecule has 0 atom stereocenters. The molecule has 1 aromatic heterocycles. The minimum absolute atomic E-state index is 0.537. The standard InChI is InChI=1S/C12H13BrClN3O/c1-3-9-11(15)12(17(2)16-9)18-10-5-4-7(14)6-8(10)13/h4-6H,3,15H2,1-2H3. The first-order valence-corrected chi connectivity index (χ1v) is 6.64. The van der Waals surface area contributed by atoms with E-state index in [1.54, 1.807) is 29.9 Å². The molecule has 4 nitrogen and oxygen atoms in total. The van der Waals surface area contributed by atoms with Gasteiger partial charge in [-0.25, -0.2) is 4.68 Å². The van der Waals surface area contributed by atoms with E-state index in [-0.39, 0.29) is 0 Å². The molecule has 96 valence electrons. The molecule has 0 spiro atoms. The molecule has 0 aliphatic heterocycles. The minimum Gasteiger partial charge on any atom is -0.436 e. The fourth-order valence-corrected chi connectivity index (χ4v) is 2.39. The molecule has 0 radical (unpaired) electrons. The van der Waals surface area contributed by atoms with Gasteiger partial charge in [-0.05, 0) is 40.5 Å². The predicted octanol–water partition coefficient (Wildman–Crippen LogP) is 3.77. The third-order valence-corrected chi connectivity index (χ3v) is 3.40. The number of rotatable bonds is 3. The smallest absolute Gasteiger partial charge is 0.241 e. The summed E-state index contributed by atoms with van der Waals surface area (Å²) in [6.45, 7) is 2.00. The molecule has 0 fully saturated rings. The Morgan fingerprint density at radius 2 is 2.22 bits per heavy atom. The summed E-state index contributed by atoms with van der Waals surface area (Å²) < 4.78 is 8.18. The molecule has 0 amide bonds. The molecule has 0 unspecified atom stereocenters. The van der Waals surface area contributed by atoms with Crippen LogP contribution in [0.5, 0.6) is 11.6 Å². The van der Waals surface area contributed by atoms with E-state index in [4.69, 9.17) is 22.1 Å². The lowest BCUT2D eigenvalue weighted by Crippen LogP contribution is -1.97. The number of aromatic nitrogens is 2. The Balaban J connectivity index is 2.37. The lowest BCUT2D eigenvalue weighted by molar-refractivity contribution is 0.430. The number of benzene rings is 1. The van der Waals surface area contributed by atoms with Crippen molar-refractivity contribution in [2.75, 3.05) is 5.73 Å². The summed E-state index contributed by atoms with van der Waals surface area (Å²) in [6, 6.07) is 5.31. The maximum Gasteiger partial charge on any atom is 0.241 e. The normalized spacial score (nSPS) is 10.7. The molecular weight excluding hydrogens is 318 g/mol. The number of ether oxygens (including phenoxy) is 1. The molecule has 2 N–H and O–H groups in total. The van der Waals surface area contributed by atoms with Crippen molar-refractivity contribution in [2.45, 2.75) is 13.3 Å². The van der Waals surface area contributed by atoms with Crippen molar-refractivity contribution >= 4 is 33.2 Å². The van der Waals surface area contributed by atoms with Crippen LogP contribution in [0.15, 0.2) is 22.7 Å². The third kappa shape index (κ3) is 2.47. The second-order valence-corrected chi connectivity index (χ2v) is 5.11. The van der Waals surface area contributed by atoms with E-state index in [1.807, 2.05) is 6.92 Å². The van der Waals surface area contributed by atoms with E-state index in [0.717, 1.165) is 16.6 Å². The first kappa shape index (κ1) is 13.2. The monoisotopic (exact) mass is 329 g/mol. The number of nitrogen functional groups attached to an aromatic ring is 1. The third-order valence-electron chi connectivity index (χ3n) is 2.54. The molecule has 0 saturated carbocycles. The van der Waals surface area contributed by atoms with Gasteiger partial charge in [0.05, 0.1) is 10.2 Å². The lowest BCUT2D eigenvalue weighted by atomic mass is 10.3. The quantitative estimate of drug-likeness (QED) is 0.932. The summed E-state index contributed by atoms with van der Waals surface area (Å²) in [5.41, 5.74) is 7.40. The summed E-state index contributed by atoms with van der Waals surface area (Å²) >= 11 is 9.28. The van der Waals surface area contributed by atoms with Crippen molar-refractivity contribution in [3.05, 3.63) is 33.4 Å². The van der Waals surface area contributed by atoms with Crippen molar-refractivity contribution < 1.29 is 4.74 Å². The van der Waals surface area contributed by atoms with Crippen LogP contribution in [0, 0.1) is 0 Å². The van der Waals surface area contributed by atoms with E-state index < -0.39 is 0 Å². The van der Waals surface area contributed by atoms with Crippen LogP contribution in [0.25, 0.3) is 0 Å². The summed E-state index contributed by atoms with van der Waals surface area (Å²) in [5.74, 6) is 1.19. The van der Waals surface area contributed by atoms with Crippen molar-refractivity contribution in [2.24, 2.45) is 7.05 Å². The highest BCUT2D eigenvalue weighted by Gasteiger charge is 2.15. The number of hydrogen-bond donors (Lipinski definition) is 1. The highest BCUT2D eigenvalue weighted by molar-refractivity contribution is 9.10. The van der Waals surface area contributed by atoms with E-state index >= 15 is 0 Å². The molecule has 0 aliphatic rings. The first-order valence-electron chi connectivity index (χ1n) is 5.47. The molecule has 0 saturated heterocycles. The summed E-state index contributed by atoms with van der Waals surface area (Å²) in [7, 11) is 1.80. The predicted molar refractivity (Wildman–Crippen MR) is 76.2 cm³/mol. The highest BCUT2D eigenvalue weighted by Crippen LogP contribution is 2.35. The van der Waals surface area contributed by atoms with Crippen LogP contribution in [-0.4, -0.2) is 9.78 Å². The number of aryl methyl sites for hydroxylation is 2. The van der Waals surface area contributed by atoms with Crippen LogP contribution >= 0.6 is 27.5 Å². The number of nitrogens with two attached hydrogens (primary N) is 1. The van der Waals surface area contributed by atoms with Crippen LogP contribution in [0.1, 0.15) is 12.6 Å². The van der Waals surface area contributed by atoms with E-state index in [2.05, 4.69) is 21.0 Å². The Kier molecular flexibility index (Phi) is 3.82. The van der Waals surface area contributed by atoms with Gasteiger partial charge in [-0.2, -0.15) is 5.10 Å². The molecule has 18 heavy (non-hydrogen) atoms. The van der Waals surface area contributed by atoms with Crippen LogP contribution in [-0.2, 0) is 13.5 Å². The van der Waals surface area contributed by atoms with Gasteiger partial charge in [-0.1, -0.05) is 18.5 Å². The molecule has 1 heterocycles. The largest absolute Gasteiger partial charge is 0.436 e. The van der Waals surface area contributed by atoms with Crippen molar-refractivity contribution in [1.82, 2.24) is 9.78 Å². The highest BCUT2D eigenvalue weighted by atomic mass is 79.9. The zero-order valence-electron chi connectivity index (χ0n) is 10.1. The maximum atomic E-state index is 5.99. The van der Waals surface area contributed by atoms with Gasteiger partial charge in [-0.15, -0.1) is 0 Å². The zero-order valence-corrected chi connectivity index (χ0v) is 12.4. The van der Waals surface area contributed by atoms with E-state index in [1.165, 1.54) is 0 Å². The van der Waals surface area contributed by atoms with Gasteiger partial charge in [-0.3, -0.25) is 0 Å². The van der Waals surface area contributed by atoms with Crippen LogP contribution in [0.3, 0.4) is 0 Å². The number of hydrogen-bond acceptors (Lipinski definition) is 3. The zero-order chi connectivity index (χ0) is 13.3. The van der Waals surface area contributed by atoms with Crippen LogP contribution < -0.4 is 10.5 Å². The van der Waals surface area contributed by atoms with Gasteiger partial charge in [0.1, 0.15) is 11.4 Å². The van der Waals surface area contributed by atoms with E-state index in [9.17, 15) is 0 Å². The second kappa shape index (κ2) is 5.20. The van der Waals surface area contributed by atoms with Crippen LogP contribution in [0.2, 0.25) is 5.02 Å². The van der Waals surface area contributed by atoms with Crippen molar-refractivity contribution in [3.8, 4) is 11.6 Å².